The normalized spacial score (nSPS) is 16.3. The number of nitrogens with zero attached hydrogens (tertiary/aromatic N) is 2. The minimum Gasteiger partial charge on any atom is -0.313 e. The van der Waals surface area contributed by atoms with Crippen molar-refractivity contribution in [1.82, 2.24) is 10.3 Å². The van der Waals surface area contributed by atoms with Gasteiger partial charge in [-0.25, -0.2) is 0 Å². The van der Waals surface area contributed by atoms with Gasteiger partial charge in [0, 0.05) is 24.2 Å². The molecule has 0 radical (unpaired) electrons. The summed E-state index contributed by atoms with van der Waals surface area (Å²) in [5.41, 5.74) is 1.97. The highest BCUT2D eigenvalue weighted by molar-refractivity contribution is 5.33. The van der Waals surface area contributed by atoms with Crippen molar-refractivity contribution in [3.63, 3.8) is 0 Å². The molecule has 1 aliphatic rings. The summed E-state index contributed by atoms with van der Waals surface area (Å²) < 4.78 is 0. The van der Waals surface area contributed by atoms with Crippen molar-refractivity contribution in [2.75, 3.05) is 6.54 Å². The molecule has 1 N–H and O–H groups in total. The Balaban J connectivity index is 2.06. The van der Waals surface area contributed by atoms with Crippen LogP contribution < -0.4 is 5.32 Å². The smallest absolute Gasteiger partial charge is 0.287 e. The molecule has 0 spiro atoms. The number of rotatable bonds is 7. The number of nitro groups is 1. The first-order chi connectivity index (χ1) is 9.11. The number of aryl methyl sites for hydroxylation is 1. The average molecular weight is 263 g/mol. The van der Waals surface area contributed by atoms with Gasteiger partial charge in [-0.05, 0) is 44.2 Å². The molecule has 1 saturated carbocycles. The molecule has 104 valence electrons. The van der Waals surface area contributed by atoms with E-state index in [1.807, 2.05) is 6.92 Å². The van der Waals surface area contributed by atoms with Crippen LogP contribution in [0.5, 0.6) is 0 Å². The minimum atomic E-state index is -0.391. The topological polar surface area (TPSA) is 68.1 Å². The van der Waals surface area contributed by atoms with E-state index in [-0.39, 0.29) is 5.69 Å². The molecule has 2 rings (SSSR count). The molecule has 0 aliphatic heterocycles. The van der Waals surface area contributed by atoms with Crippen LogP contribution in [0.2, 0.25) is 0 Å². The lowest BCUT2D eigenvalue weighted by atomic mass is 10.0. The van der Waals surface area contributed by atoms with E-state index < -0.39 is 4.92 Å². The first-order valence-corrected chi connectivity index (χ1v) is 6.95. The van der Waals surface area contributed by atoms with Crippen LogP contribution in [0.25, 0.3) is 0 Å². The molecule has 0 bridgehead atoms. The zero-order valence-corrected chi connectivity index (χ0v) is 11.6. The third-order valence-corrected chi connectivity index (χ3v) is 3.64. The van der Waals surface area contributed by atoms with E-state index in [9.17, 15) is 10.1 Å². The number of hydrogen-bond acceptors (Lipinski definition) is 4. The zero-order valence-electron chi connectivity index (χ0n) is 11.6. The van der Waals surface area contributed by atoms with Gasteiger partial charge < -0.3 is 5.32 Å². The molecule has 1 atom stereocenters. The van der Waals surface area contributed by atoms with Gasteiger partial charge >= 0.3 is 0 Å². The molecule has 0 aromatic carbocycles. The van der Waals surface area contributed by atoms with E-state index in [2.05, 4.69) is 17.2 Å². The van der Waals surface area contributed by atoms with Crippen LogP contribution in [0.1, 0.15) is 37.4 Å². The van der Waals surface area contributed by atoms with Crippen LogP contribution >= 0.6 is 0 Å². The molecule has 1 fully saturated rings. The van der Waals surface area contributed by atoms with Crippen LogP contribution in [0.3, 0.4) is 0 Å². The summed E-state index contributed by atoms with van der Waals surface area (Å²) in [5, 5.41) is 14.3. The number of aromatic nitrogens is 1. The van der Waals surface area contributed by atoms with Crippen LogP contribution in [0.15, 0.2) is 12.3 Å². The lowest BCUT2D eigenvalue weighted by Crippen LogP contribution is -2.34. The summed E-state index contributed by atoms with van der Waals surface area (Å²) in [5.74, 6) is 0.753. The Morgan fingerprint density at radius 3 is 2.84 bits per heavy atom. The molecule has 5 nitrogen and oxygen atoms in total. The summed E-state index contributed by atoms with van der Waals surface area (Å²) in [7, 11) is 0. The fourth-order valence-corrected chi connectivity index (χ4v) is 2.34. The maximum Gasteiger partial charge on any atom is 0.287 e. The second kappa shape index (κ2) is 6.10. The Hall–Kier alpha value is -1.49. The maximum absolute atomic E-state index is 10.7. The molecule has 1 aromatic heterocycles. The molecule has 19 heavy (non-hydrogen) atoms. The monoisotopic (exact) mass is 263 g/mol. The summed E-state index contributed by atoms with van der Waals surface area (Å²) in [6.45, 7) is 5.08. The Bertz CT molecular complexity index is 458. The third kappa shape index (κ3) is 3.73. The van der Waals surface area contributed by atoms with E-state index in [1.54, 1.807) is 6.07 Å². The van der Waals surface area contributed by atoms with Crippen LogP contribution in [0.4, 0.5) is 5.69 Å². The van der Waals surface area contributed by atoms with Gasteiger partial charge in [0.15, 0.2) is 0 Å². The zero-order chi connectivity index (χ0) is 13.8. The molecule has 1 heterocycles. The lowest BCUT2D eigenvalue weighted by molar-refractivity contribution is -0.385. The SMILES string of the molecule is CCCNC(Cc1ncc([N+](=O)[O-])cc1C)C1CC1. The van der Waals surface area contributed by atoms with Crippen molar-refractivity contribution in [2.45, 2.75) is 45.6 Å². The van der Waals surface area contributed by atoms with Crippen molar-refractivity contribution < 1.29 is 4.92 Å². The van der Waals surface area contributed by atoms with Crippen molar-refractivity contribution in [3.05, 3.63) is 33.6 Å². The second-order valence-corrected chi connectivity index (χ2v) is 5.32. The molecule has 0 saturated heterocycles. The van der Waals surface area contributed by atoms with Crippen molar-refractivity contribution in [2.24, 2.45) is 5.92 Å². The summed E-state index contributed by atoms with van der Waals surface area (Å²) in [6.07, 6.45) is 5.93. The van der Waals surface area contributed by atoms with Crippen LogP contribution in [-0.2, 0) is 6.42 Å². The standard InChI is InChI=1S/C14H21N3O2/c1-3-6-15-14(11-4-5-11)8-13-10(2)7-12(9-16-13)17(18)19/h7,9,11,14-15H,3-6,8H2,1-2H3. The largest absolute Gasteiger partial charge is 0.313 e. The highest BCUT2D eigenvalue weighted by Gasteiger charge is 2.31. The third-order valence-electron chi connectivity index (χ3n) is 3.64. The average Bonchev–Trinajstić information content (AvgIpc) is 3.20. The highest BCUT2D eigenvalue weighted by Crippen LogP contribution is 2.34. The van der Waals surface area contributed by atoms with Gasteiger partial charge in [0.1, 0.15) is 6.20 Å². The Morgan fingerprint density at radius 2 is 2.32 bits per heavy atom. The molecule has 1 aliphatic carbocycles. The van der Waals surface area contributed by atoms with E-state index in [1.165, 1.54) is 19.0 Å². The molecular formula is C14H21N3O2. The predicted octanol–water partition coefficient (Wildman–Crippen LogP) is 2.62. The van der Waals surface area contributed by atoms with Gasteiger partial charge in [0.2, 0.25) is 0 Å². The maximum atomic E-state index is 10.7. The lowest BCUT2D eigenvalue weighted by Gasteiger charge is -2.18. The summed E-state index contributed by atoms with van der Waals surface area (Å²) in [6, 6.07) is 2.08. The molecule has 1 unspecified atom stereocenters. The van der Waals surface area contributed by atoms with E-state index >= 15 is 0 Å². The quantitative estimate of drug-likeness (QED) is 0.606. The van der Waals surface area contributed by atoms with Gasteiger partial charge in [-0.1, -0.05) is 6.92 Å². The Morgan fingerprint density at radius 1 is 1.58 bits per heavy atom. The van der Waals surface area contributed by atoms with Gasteiger partial charge in [-0.15, -0.1) is 0 Å². The Labute approximate surface area is 113 Å². The number of hydrogen-bond donors (Lipinski definition) is 1. The van der Waals surface area contributed by atoms with Crippen molar-refractivity contribution in [1.29, 1.82) is 0 Å². The Kier molecular flexibility index (Phi) is 4.47. The molecule has 5 heteroatoms. The van der Waals surface area contributed by atoms with E-state index in [0.29, 0.717) is 6.04 Å². The van der Waals surface area contributed by atoms with Crippen molar-refractivity contribution >= 4 is 5.69 Å². The van der Waals surface area contributed by atoms with Crippen LogP contribution in [-0.4, -0.2) is 22.5 Å². The van der Waals surface area contributed by atoms with Gasteiger partial charge in [0.05, 0.1) is 4.92 Å². The van der Waals surface area contributed by atoms with E-state index in [0.717, 1.165) is 36.6 Å². The second-order valence-electron chi connectivity index (χ2n) is 5.32. The van der Waals surface area contributed by atoms with E-state index in [4.69, 9.17) is 0 Å². The minimum absolute atomic E-state index is 0.0748. The molecule has 0 amide bonds. The first-order valence-electron chi connectivity index (χ1n) is 6.95. The molecular weight excluding hydrogens is 242 g/mol. The fraction of sp³-hybridized carbons (Fsp3) is 0.643. The fourth-order valence-electron chi connectivity index (χ4n) is 2.34. The van der Waals surface area contributed by atoms with Gasteiger partial charge in [-0.3, -0.25) is 15.1 Å². The van der Waals surface area contributed by atoms with Crippen molar-refractivity contribution in [3.8, 4) is 0 Å². The highest BCUT2D eigenvalue weighted by atomic mass is 16.6. The van der Waals surface area contributed by atoms with Gasteiger partial charge in [-0.2, -0.15) is 0 Å². The van der Waals surface area contributed by atoms with Gasteiger partial charge in [0.25, 0.3) is 5.69 Å². The molecule has 1 aromatic rings. The number of nitrogens with one attached hydrogen (secondary N) is 1. The summed E-state index contributed by atoms with van der Waals surface area (Å²) in [4.78, 5) is 14.6. The summed E-state index contributed by atoms with van der Waals surface area (Å²) >= 11 is 0. The predicted molar refractivity (Wildman–Crippen MR) is 74.1 cm³/mol. The van der Waals surface area contributed by atoms with Crippen LogP contribution in [0, 0.1) is 23.0 Å². The number of pyridine rings is 1. The first kappa shape index (κ1) is 13.9.